The van der Waals surface area contributed by atoms with Gasteiger partial charge in [-0.3, -0.25) is 0 Å². The second-order valence-corrected chi connectivity index (χ2v) is 4.06. The highest BCUT2D eigenvalue weighted by atomic mass is 35.5. The van der Waals surface area contributed by atoms with Crippen molar-refractivity contribution in [3.8, 4) is 0 Å². The molecule has 1 nitrogen and oxygen atoms in total. The smallest absolute Gasteiger partial charge is 0.278 e. The van der Waals surface area contributed by atoms with E-state index in [-0.39, 0.29) is 18.2 Å². The first-order valence-corrected chi connectivity index (χ1v) is 4.20. The average molecular weight is 224 g/mol. The van der Waals surface area contributed by atoms with Crippen LogP contribution in [-0.2, 0) is 0 Å². The number of rotatable bonds is 4. The van der Waals surface area contributed by atoms with E-state index in [1.807, 2.05) is 0 Å². The van der Waals surface area contributed by atoms with Crippen molar-refractivity contribution in [1.82, 2.24) is 0 Å². The standard InChI is InChI=1S/C6H12F3NS.ClH/c1-6(2,10)3-11-5(9)4(7)8;/h4-5H,3,10H2,1-2H3;1H. The molecule has 12 heavy (non-hydrogen) atoms. The summed E-state index contributed by atoms with van der Waals surface area (Å²) in [6.07, 6.45) is -2.91. The predicted molar refractivity (Wildman–Crippen MR) is 48.9 cm³/mol. The number of alkyl halides is 3. The molecule has 0 spiro atoms. The minimum atomic E-state index is -2.91. The Kier molecular flexibility index (Phi) is 7.37. The molecule has 1 unspecified atom stereocenters. The SMILES string of the molecule is CC(C)(N)CSC(F)C(F)F.Cl. The van der Waals surface area contributed by atoms with E-state index < -0.39 is 17.5 Å². The van der Waals surface area contributed by atoms with Gasteiger partial charge in [0.15, 0.2) is 0 Å². The molecule has 0 aliphatic heterocycles. The zero-order valence-corrected chi connectivity index (χ0v) is 8.52. The maximum atomic E-state index is 12.2. The molecule has 0 saturated carbocycles. The van der Waals surface area contributed by atoms with Crippen LogP contribution in [0.15, 0.2) is 0 Å². The van der Waals surface area contributed by atoms with Gasteiger partial charge in [-0.1, -0.05) is 0 Å². The van der Waals surface area contributed by atoms with Crippen molar-refractivity contribution in [1.29, 1.82) is 0 Å². The topological polar surface area (TPSA) is 26.0 Å². The fraction of sp³-hybridized carbons (Fsp3) is 1.00. The summed E-state index contributed by atoms with van der Waals surface area (Å²) in [4.78, 5) is 0. The third-order valence-electron chi connectivity index (χ3n) is 0.813. The molecule has 0 bridgehead atoms. The van der Waals surface area contributed by atoms with Crippen LogP contribution in [0.2, 0.25) is 0 Å². The van der Waals surface area contributed by atoms with E-state index in [0.717, 1.165) is 0 Å². The zero-order chi connectivity index (χ0) is 9.07. The highest BCUT2D eigenvalue weighted by molar-refractivity contribution is 7.99. The van der Waals surface area contributed by atoms with Crippen LogP contribution in [0.4, 0.5) is 13.2 Å². The molecule has 0 aromatic heterocycles. The zero-order valence-electron chi connectivity index (χ0n) is 6.89. The second kappa shape index (κ2) is 5.94. The lowest BCUT2D eigenvalue weighted by Crippen LogP contribution is -2.35. The third kappa shape index (κ3) is 8.49. The van der Waals surface area contributed by atoms with Gasteiger partial charge < -0.3 is 5.73 Å². The van der Waals surface area contributed by atoms with E-state index in [2.05, 4.69) is 0 Å². The highest BCUT2D eigenvalue weighted by Gasteiger charge is 2.22. The molecule has 0 saturated heterocycles. The van der Waals surface area contributed by atoms with Gasteiger partial charge in [-0.05, 0) is 13.8 Å². The summed E-state index contributed by atoms with van der Waals surface area (Å²) < 4.78 is 35.3. The summed E-state index contributed by atoms with van der Waals surface area (Å²) in [5.74, 6) is 0.193. The lowest BCUT2D eigenvalue weighted by Gasteiger charge is -2.18. The average Bonchev–Trinajstić information content (AvgIpc) is 1.80. The number of nitrogens with two attached hydrogens (primary N) is 1. The van der Waals surface area contributed by atoms with E-state index in [0.29, 0.717) is 11.8 Å². The molecular weight excluding hydrogens is 211 g/mol. The van der Waals surface area contributed by atoms with Gasteiger partial charge in [0.05, 0.1) is 0 Å². The third-order valence-corrected chi connectivity index (χ3v) is 2.25. The van der Waals surface area contributed by atoms with Crippen LogP contribution in [0.25, 0.3) is 0 Å². The summed E-state index contributed by atoms with van der Waals surface area (Å²) in [7, 11) is 0. The second-order valence-electron chi connectivity index (χ2n) is 2.99. The maximum absolute atomic E-state index is 12.2. The molecule has 0 aromatic rings. The largest absolute Gasteiger partial charge is 0.325 e. The van der Waals surface area contributed by atoms with E-state index in [4.69, 9.17) is 5.73 Å². The van der Waals surface area contributed by atoms with E-state index in [9.17, 15) is 13.2 Å². The normalized spacial score (nSPS) is 14.2. The van der Waals surface area contributed by atoms with E-state index >= 15 is 0 Å². The van der Waals surface area contributed by atoms with Crippen molar-refractivity contribution in [2.45, 2.75) is 31.3 Å². The Hall–Kier alpha value is 0.390. The molecule has 0 fully saturated rings. The van der Waals surface area contributed by atoms with Crippen molar-refractivity contribution in [3.05, 3.63) is 0 Å². The Morgan fingerprint density at radius 3 is 2.00 bits per heavy atom. The molecule has 0 rings (SSSR count). The fourth-order valence-corrected chi connectivity index (χ4v) is 1.10. The first-order chi connectivity index (χ1) is 4.83. The van der Waals surface area contributed by atoms with Crippen LogP contribution < -0.4 is 5.73 Å². The molecule has 0 aliphatic rings. The quantitative estimate of drug-likeness (QED) is 0.792. The highest BCUT2D eigenvalue weighted by Crippen LogP contribution is 2.22. The molecule has 76 valence electrons. The Labute approximate surface area is 80.7 Å². The van der Waals surface area contributed by atoms with Gasteiger partial charge in [0.1, 0.15) is 0 Å². The minimum Gasteiger partial charge on any atom is -0.325 e. The number of thioether (sulfide) groups is 1. The fourth-order valence-electron chi connectivity index (χ4n) is 0.367. The van der Waals surface area contributed by atoms with Gasteiger partial charge in [0.2, 0.25) is 5.50 Å². The summed E-state index contributed by atoms with van der Waals surface area (Å²) in [6.45, 7) is 3.33. The molecule has 0 aromatic carbocycles. The van der Waals surface area contributed by atoms with Crippen LogP contribution >= 0.6 is 24.2 Å². The van der Waals surface area contributed by atoms with E-state index in [1.54, 1.807) is 13.8 Å². The van der Waals surface area contributed by atoms with Crippen molar-refractivity contribution >= 4 is 24.2 Å². The van der Waals surface area contributed by atoms with Gasteiger partial charge in [-0.25, -0.2) is 13.2 Å². The Morgan fingerprint density at radius 2 is 1.75 bits per heavy atom. The van der Waals surface area contributed by atoms with Gasteiger partial charge in [0.25, 0.3) is 6.43 Å². The lowest BCUT2D eigenvalue weighted by molar-refractivity contribution is 0.0952. The molecule has 2 N–H and O–H groups in total. The Bertz CT molecular complexity index is 118. The summed E-state index contributed by atoms with van der Waals surface area (Å²) in [5.41, 5.74) is 2.75. The number of halogens is 4. The van der Waals surface area contributed by atoms with Crippen molar-refractivity contribution in [2.75, 3.05) is 5.75 Å². The van der Waals surface area contributed by atoms with Crippen LogP contribution in [0.1, 0.15) is 13.8 Å². The first-order valence-electron chi connectivity index (χ1n) is 3.15. The summed E-state index contributed by atoms with van der Waals surface area (Å²) in [5, 5.41) is 0. The molecule has 6 heteroatoms. The van der Waals surface area contributed by atoms with Crippen molar-refractivity contribution in [3.63, 3.8) is 0 Å². The van der Waals surface area contributed by atoms with Crippen molar-refractivity contribution < 1.29 is 13.2 Å². The van der Waals surface area contributed by atoms with E-state index in [1.165, 1.54) is 0 Å². The number of hydrogen-bond acceptors (Lipinski definition) is 2. The summed E-state index contributed by atoms with van der Waals surface area (Å²) >= 11 is 0.550. The number of hydrogen-bond donors (Lipinski definition) is 1. The lowest BCUT2D eigenvalue weighted by atomic mass is 10.1. The Morgan fingerprint density at radius 1 is 1.33 bits per heavy atom. The van der Waals surface area contributed by atoms with Crippen LogP contribution in [0, 0.1) is 0 Å². The van der Waals surface area contributed by atoms with Gasteiger partial charge in [-0.2, -0.15) is 0 Å². The molecule has 0 heterocycles. The van der Waals surface area contributed by atoms with Crippen LogP contribution in [-0.4, -0.2) is 23.2 Å². The minimum absolute atomic E-state index is 0. The van der Waals surface area contributed by atoms with Gasteiger partial charge in [-0.15, -0.1) is 24.2 Å². The molecule has 0 aliphatic carbocycles. The summed E-state index contributed by atoms with van der Waals surface area (Å²) in [6, 6.07) is 0. The van der Waals surface area contributed by atoms with Gasteiger partial charge in [0, 0.05) is 11.3 Å². The van der Waals surface area contributed by atoms with Gasteiger partial charge >= 0.3 is 0 Å². The monoisotopic (exact) mass is 223 g/mol. The first kappa shape index (κ1) is 14.9. The molecule has 0 amide bonds. The predicted octanol–water partition coefficient (Wildman–Crippen LogP) is 2.44. The molecular formula is C6H13ClF3NS. The van der Waals surface area contributed by atoms with Crippen molar-refractivity contribution in [2.24, 2.45) is 5.73 Å². The van der Waals surface area contributed by atoms with Crippen LogP contribution in [0.3, 0.4) is 0 Å². The Balaban J connectivity index is 0. The molecule has 0 radical (unpaired) electrons. The maximum Gasteiger partial charge on any atom is 0.278 e. The molecule has 1 atom stereocenters. The van der Waals surface area contributed by atoms with Crippen LogP contribution in [0.5, 0.6) is 0 Å².